The number of rotatable bonds is 3. The molecule has 0 unspecified atom stereocenters. The number of nitriles is 1. The van der Waals surface area contributed by atoms with Gasteiger partial charge in [-0.15, -0.1) is 0 Å². The summed E-state index contributed by atoms with van der Waals surface area (Å²) >= 11 is 0. The molecule has 3 nitrogen and oxygen atoms in total. The van der Waals surface area contributed by atoms with Crippen LogP contribution in [0.5, 0.6) is 0 Å². The van der Waals surface area contributed by atoms with E-state index in [1.54, 1.807) is 6.07 Å². The maximum Gasteiger partial charge on any atom is 0.417 e. The highest BCUT2D eigenvalue weighted by Gasteiger charge is 2.35. The van der Waals surface area contributed by atoms with Crippen molar-refractivity contribution in [3.63, 3.8) is 0 Å². The summed E-state index contributed by atoms with van der Waals surface area (Å²) in [6, 6.07) is 4.85. The SMILES string of the molecule is N#Cc1cc(NCC2(O)CCC2)ccc1C(F)(F)F. The van der Waals surface area contributed by atoms with Gasteiger partial charge in [0.2, 0.25) is 0 Å². The van der Waals surface area contributed by atoms with E-state index in [0.717, 1.165) is 18.6 Å². The van der Waals surface area contributed by atoms with Gasteiger partial charge in [0.1, 0.15) is 0 Å². The first kappa shape index (κ1) is 13.7. The Morgan fingerprint density at radius 3 is 2.53 bits per heavy atom. The van der Waals surface area contributed by atoms with Crippen LogP contribution in [0, 0.1) is 11.3 Å². The third-order valence-corrected chi connectivity index (χ3v) is 3.35. The first-order valence-electron chi connectivity index (χ1n) is 5.92. The topological polar surface area (TPSA) is 56.0 Å². The van der Waals surface area contributed by atoms with E-state index in [-0.39, 0.29) is 6.54 Å². The molecule has 0 amide bonds. The quantitative estimate of drug-likeness (QED) is 0.888. The standard InChI is InChI=1S/C13H13F3N2O/c14-13(15,16)11-3-2-10(6-9(11)7-17)18-8-12(19)4-1-5-12/h2-3,6,18-19H,1,4-5,8H2. The zero-order valence-corrected chi connectivity index (χ0v) is 10.1. The van der Waals surface area contributed by atoms with Crippen LogP contribution in [0.2, 0.25) is 0 Å². The van der Waals surface area contributed by atoms with Crippen molar-refractivity contribution in [3.05, 3.63) is 29.3 Å². The van der Waals surface area contributed by atoms with Crippen LogP contribution in [0.15, 0.2) is 18.2 Å². The maximum atomic E-state index is 12.6. The summed E-state index contributed by atoms with van der Waals surface area (Å²) in [5.41, 5.74) is -1.72. The van der Waals surface area contributed by atoms with Crippen LogP contribution in [-0.2, 0) is 6.18 Å². The molecule has 0 aromatic heterocycles. The second-order valence-corrected chi connectivity index (χ2v) is 4.80. The van der Waals surface area contributed by atoms with Crippen molar-refractivity contribution in [1.29, 1.82) is 5.26 Å². The Balaban J connectivity index is 2.13. The van der Waals surface area contributed by atoms with E-state index in [4.69, 9.17) is 5.26 Å². The molecule has 2 N–H and O–H groups in total. The molecule has 1 saturated carbocycles. The minimum atomic E-state index is -4.53. The lowest BCUT2D eigenvalue weighted by Crippen LogP contribution is -2.43. The van der Waals surface area contributed by atoms with Crippen molar-refractivity contribution in [3.8, 4) is 6.07 Å². The van der Waals surface area contributed by atoms with Gasteiger partial charge in [0.05, 0.1) is 22.8 Å². The number of nitrogens with one attached hydrogen (secondary N) is 1. The molecule has 2 rings (SSSR count). The lowest BCUT2D eigenvalue weighted by molar-refractivity contribution is -0.137. The number of benzene rings is 1. The third kappa shape index (κ3) is 2.99. The van der Waals surface area contributed by atoms with Crippen LogP contribution in [-0.4, -0.2) is 17.3 Å². The van der Waals surface area contributed by atoms with E-state index in [1.807, 2.05) is 0 Å². The second-order valence-electron chi connectivity index (χ2n) is 4.80. The van der Waals surface area contributed by atoms with Crippen LogP contribution in [0.4, 0.5) is 18.9 Å². The molecule has 1 aliphatic carbocycles. The minimum Gasteiger partial charge on any atom is -0.388 e. The molecule has 1 aromatic carbocycles. The van der Waals surface area contributed by atoms with E-state index >= 15 is 0 Å². The van der Waals surface area contributed by atoms with Gasteiger partial charge < -0.3 is 10.4 Å². The van der Waals surface area contributed by atoms with Gasteiger partial charge >= 0.3 is 6.18 Å². The summed E-state index contributed by atoms with van der Waals surface area (Å²) in [5, 5.41) is 21.5. The molecule has 0 bridgehead atoms. The Morgan fingerprint density at radius 1 is 1.37 bits per heavy atom. The first-order valence-corrected chi connectivity index (χ1v) is 5.92. The largest absolute Gasteiger partial charge is 0.417 e. The zero-order chi connectivity index (χ0) is 14.1. The van der Waals surface area contributed by atoms with E-state index < -0.39 is 22.9 Å². The molecule has 102 valence electrons. The van der Waals surface area contributed by atoms with Gasteiger partial charge in [0, 0.05) is 12.2 Å². The molecule has 1 fully saturated rings. The van der Waals surface area contributed by atoms with Crippen LogP contribution in [0.1, 0.15) is 30.4 Å². The number of halogens is 3. The number of alkyl halides is 3. The average Bonchev–Trinajstić information content (AvgIpc) is 2.32. The van der Waals surface area contributed by atoms with Crippen LogP contribution < -0.4 is 5.32 Å². The number of anilines is 1. The van der Waals surface area contributed by atoms with E-state index in [2.05, 4.69) is 5.32 Å². The van der Waals surface area contributed by atoms with Gasteiger partial charge in [-0.25, -0.2) is 0 Å². The fourth-order valence-electron chi connectivity index (χ4n) is 2.02. The van der Waals surface area contributed by atoms with Gasteiger partial charge in [-0.05, 0) is 37.5 Å². The molecule has 19 heavy (non-hydrogen) atoms. The summed E-state index contributed by atoms with van der Waals surface area (Å²) < 4.78 is 37.8. The van der Waals surface area contributed by atoms with Crippen molar-refractivity contribution in [1.82, 2.24) is 0 Å². The minimum absolute atomic E-state index is 0.281. The average molecular weight is 270 g/mol. The van der Waals surface area contributed by atoms with E-state index in [1.165, 1.54) is 6.07 Å². The monoisotopic (exact) mass is 270 g/mol. The Kier molecular flexibility index (Phi) is 3.42. The molecular formula is C13H13F3N2O. The highest BCUT2D eigenvalue weighted by Crippen LogP contribution is 2.34. The van der Waals surface area contributed by atoms with Gasteiger partial charge in [-0.1, -0.05) is 0 Å². The lowest BCUT2D eigenvalue weighted by atomic mass is 9.80. The molecule has 1 aliphatic rings. The van der Waals surface area contributed by atoms with E-state index in [0.29, 0.717) is 18.5 Å². The van der Waals surface area contributed by atoms with Crippen molar-refractivity contribution < 1.29 is 18.3 Å². The Bertz CT molecular complexity index is 516. The summed E-state index contributed by atoms with van der Waals surface area (Å²) in [6.07, 6.45) is -2.21. The highest BCUT2D eigenvalue weighted by molar-refractivity contribution is 5.53. The van der Waals surface area contributed by atoms with Crippen LogP contribution in [0.25, 0.3) is 0 Å². The molecule has 0 spiro atoms. The third-order valence-electron chi connectivity index (χ3n) is 3.35. The van der Waals surface area contributed by atoms with Crippen molar-refractivity contribution in [2.24, 2.45) is 0 Å². The summed E-state index contributed by atoms with van der Waals surface area (Å²) in [7, 11) is 0. The normalized spacial score (nSPS) is 17.4. The number of hydrogen-bond donors (Lipinski definition) is 2. The Labute approximate surface area is 108 Å². The van der Waals surface area contributed by atoms with Gasteiger partial charge in [-0.2, -0.15) is 18.4 Å². The first-order chi connectivity index (χ1) is 8.84. The predicted molar refractivity (Wildman–Crippen MR) is 63.4 cm³/mol. The summed E-state index contributed by atoms with van der Waals surface area (Å²) in [6.45, 7) is 0.281. The fourth-order valence-corrected chi connectivity index (χ4v) is 2.02. The molecule has 0 atom stereocenters. The van der Waals surface area contributed by atoms with Crippen LogP contribution in [0.3, 0.4) is 0 Å². The zero-order valence-electron chi connectivity index (χ0n) is 10.1. The van der Waals surface area contributed by atoms with E-state index in [9.17, 15) is 18.3 Å². The molecule has 0 saturated heterocycles. The smallest absolute Gasteiger partial charge is 0.388 e. The van der Waals surface area contributed by atoms with Gasteiger partial charge in [-0.3, -0.25) is 0 Å². The number of nitrogens with zero attached hydrogens (tertiary/aromatic N) is 1. The Hall–Kier alpha value is -1.74. The highest BCUT2D eigenvalue weighted by atomic mass is 19.4. The molecular weight excluding hydrogens is 257 g/mol. The number of aliphatic hydroxyl groups is 1. The second kappa shape index (κ2) is 4.74. The summed E-state index contributed by atoms with van der Waals surface area (Å²) in [4.78, 5) is 0. The van der Waals surface area contributed by atoms with Crippen LogP contribution >= 0.6 is 0 Å². The molecule has 0 aliphatic heterocycles. The fraction of sp³-hybridized carbons (Fsp3) is 0.462. The molecule has 6 heteroatoms. The maximum absolute atomic E-state index is 12.6. The Morgan fingerprint density at radius 2 is 2.05 bits per heavy atom. The van der Waals surface area contributed by atoms with Gasteiger partial charge in [0.25, 0.3) is 0 Å². The lowest BCUT2D eigenvalue weighted by Gasteiger charge is -2.36. The van der Waals surface area contributed by atoms with Crippen molar-refractivity contribution >= 4 is 5.69 Å². The molecule has 0 heterocycles. The number of hydrogen-bond acceptors (Lipinski definition) is 3. The van der Waals surface area contributed by atoms with Crippen molar-refractivity contribution in [2.75, 3.05) is 11.9 Å². The molecule has 0 radical (unpaired) electrons. The van der Waals surface area contributed by atoms with Crippen molar-refractivity contribution in [2.45, 2.75) is 31.0 Å². The van der Waals surface area contributed by atoms with Gasteiger partial charge in [0.15, 0.2) is 0 Å². The summed E-state index contributed by atoms with van der Waals surface area (Å²) in [5.74, 6) is 0. The predicted octanol–water partition coefficient (Wildman–Crippen LogP) is 2.90. The molecule has 1 aromatic rings.